The molecule has 1 aliphatic rings. The number of benzene rings is 3. The number of nitro benzene ring substituents is 1. The summed E-state index contributed by atoms with van der Waals surface area (Å²) in [7, 11) is 3.16. The highest BCUT2D eigenvalue weighted by molar-refractivity contribution is 8.26. The molecule has 202 valence electrons. The third kappa shape index (κ3) is 5.61. The van der Waals surface area contributed by atoms with Crippen LogP contribution in [0.1, 0.15) is 11.1 Å². The normalized spacial score (nSPS) is 14.2. The Labute approximate surface area is 240 Å². The van der Waals surface area contributed by atoms with Crippen molar-refractivity contribution in [1.29, 1.82) is 0 Å². The Morgan fingerprint density at radius 1 is 1.02 bits per heavy atom. The second-order valence-electron chi connectivity index (χ2n) is 8.79. The van der Waals surface area contributed by atoms with Crippen molar-refractivity contribution in [2.45, 2.75) is 6.42 Å². The van der Waals surface area contributed by atoms with Gasteiger partial charge < -0.3 is 9.47 Å². The summed E-state index contributed by atoms with van der Waals surface area (Å²) in [6.45, 7) is 0.401. The van der Waals surface area contributed by atoms with Crippen LogP contribution in [0.15, 0.2) is 83.9 Å². The molecule has 0 saturated carbocycles. The van der Waals surface area contributed by atoms with Gasteiger partial charge in [-0.1, -0.05) is 60.4 Å². The Balaban J connectivity index is 1.45. The van der Waals surface area contributed by atoms with E-state index in [1.807, 2.05) is 48.5 Å². The molecule has 0 atom stereocenters. The number of non-ortho nitro benzene ring substituents is 1. The van der Waals surface area contributed by atoms with Crippen molar-refractivity contribution < 1.29 is 19.2 Å². The van der Waals surface area contributed by atoms with Gasteiger partial charge in [-0.3, -0.25) is 19.8 Å². The van der Waals surface area contributed by atoms with Crippen molar-refractivity contribution in [2.75, 3.05) is 20.8 Å². The molecule has 1 amide bonds. The summed E-state index contributed by atoms with van der Waals surface area (Å²) < 4.78 is 12.8. The number of thiocarbonyl (C=S) groups is 1. The highest BCUT2D eigenvalue weighted by Gasteiger charge is 2.32. The van der Waals surface area contributed by atoms with Crippen LogP contribution in [0.2, 0.25) is 0 Å². The molecule has 0 radical (unpaired) electrons. The van der Waals surface area contributed by atoms with E-state index in [-0.39, 0.29) is 11.6 Å². The Bertz CT molecular complexity index is 1630. The molecule has 0 spiro atoms. The molecule has 1 aliphatic heterocycles. The molecular formula is C29H24N4O5S2. The van der Waals surface area contributed by atoms with E-state index in [4.69, 9.17) is 26.8 Å². The van der Waals surface area contributed by atoms with E-state index < -0.39 is 4.92 Å². The first-order chi connectivity index (χ1) is 19.4. The van der Waals surface area contributed by atoms with Crippen molar-refractivity contribution in [3.63, 3.8) is 0 Å². The van der Waals surface area contributed by atoms with Crippen LogP contribution in [-0.4, -0.2) is 50.6 Å². The Kier molecular flexibility index (Phi) is 7.94. The van der Waals surface area contributed by atoms with Gasteiger partial charge in [0.1, 0.15) is 10.0 Å². The summed E-state index contributed by atoms with van der Waals surface area (Å²) in [6, 6.07) is 21.4. The van der Waals surface area contributed by atoms with Crippen molar-refractivity contribution in [3.05, 3.63) is 105 Å². The maximum Gasteiger partial charge on any atom is 0.270 e. The average Bonchev–Trinajstić information content (AvgIpc) is 3.52. The molecule has 3 aromatic carbocycles. The average molecular weight is 573 g/mol. The number of amides is 1. The Hall–Kier alpha value is -4.48. The zero-order chi connectivity index (χ0) is 28.2. The zero-order valence-corrected chi connectivity index (χ0v) is 23.3. The van der Waals surface area contributed by atoms with E-state index >= 15 is 0 Å². The number of ether oxygens (including phenoxy) is 2. The number of aromatic nitrogens is 2. The van der Waals surface area contributed by atoms with E-state index in [0.717, 1.165) is 11.3 Å². The molecule has 0 N–H and O–H groups in total. The van der Waals surface area contributed by atoms with Gasteiger partial charge in [-0.25, -0.2) is 4.68 Å². The van der Waals surface area contributed by atoms with E-state index in [1.165, 1.54) is 23.9 Å². The molecule has 11 heteroatoms. The first-order valence-electron chi connectivity index (χ1n) is 12.2. The summed E-state index contributed by atoms with van der Waals surface area (Å²) in [5.41, 5.74) is 3.48. The van der Waals surface area contributed by atoms with Crippen LogP contribution in [0.3, 0.4) is 0 Å². The largest absolute Gasteiger partial charge is 0.493 e. The van der Waals surface area contributed by atoms with Crippen LogP contribution in [0.5, 0.6) is 11.5 Å². The Morgan fingerprint density at radius 2 is 1.80 bits per heavy atom. The lowest BCUT2D eigenvalue weighted by Gasteiger charge is -2.15. The third-order valence-electron chi connectivity index (χ3n) is 6.33. The molecule has 0 unspecified atom stereocenters. The lowest BCUT2D eigenvalue weighted by molar-refractivity contribution is -0.384. The summed E-state index contributed by atoms with van der Waals surface area (Å²) in [4.78, 5) is 26.4. The van der Waals surface area contributed by atoms with Crippen LogP contribution >= 0.6 is 24.0 Å². The minimum atomic E-state index is -0.444. The number of para-hydroxylation sites is 1. The first-order valence-corrected chi connectivity index (χ1v) is 13.5. The Morgan fingerprint density at radius 3 is 2.52 bits per heavy atom. The molecule has 0 aliphatic carbocycles. The summed E-state index contributed by atoms with van der Waals surface area (Å²) in [5, 5.41) is 16.1. The maximum atomic E-state index is 13.4. The van der Waals surface area contributed by atoms with Gasteiger partial charge in [0, 0.05) is 36.0 Å². The highest BCUT2D eigenvalue weighted by Crippen LogP contribution is 2.36. The molecule has 0 bridgehead atoms. The van der Waals surface area contributed by atoms with E-state index in [9.17, 15) is 14.9 Å². The number of carbonyl (C=O) groups is 1. The summed E-state index contributed by atoms with van der Waals surface area (Å²) >= 11 is 6.78. The monoisotopic (exact) mass is 572 g/mol. The number of thioether (sulfide) groups is 1. The lowest BCUT2D eigenvalue weighted by Crippen LogP contribution is -2.30. The zero-order valence-electron chi connectivity index (χ0n) is 21.6. The van der Waals surface area contributed by atoms with Crippen molar-refractivity contribution >= 4 is 46.0 Å². The number of methoxy groups -OCH3 is 2. The van der Waals surface area contributed by atoms with Gasteiger partial charge in [0.2, 0.25) is 0 Å². The predicted octanol–water partition coefficient (Wildman–Crippen LogP) is 5.91. The van der Waals surface area contributed by atoms with Crippen LogP contribution < -0.4 is 9.47 Å². The molecule has 9 nitrogen and oxygen atoms in total. The quantitative estimate of drug-likeness (QED) is 0.106. The summed E-state index contributed by atoms with van der Waals surface area (Å²) in [6.07, 6.45) is 4.13. The molecule has 4 aromatic rings. The highest BCUT2D eigenvalue weighted by atomic mass is 32.2. The van der Waals surface area contributed by atoms with Gasteiger partial charge in [0.25, 0.3) is 11.6 Å². The van der Waals surface area contributed by atoms with Crippen LogP contribution in [-0.2, 0) is 11.2 Å². The lowest BCUT2D eigenvalue weighted by atomic mass is 10.1. The SMILES string of the molecule is COc1ccc(CCN2C(=O)/C(=C\c3cn(-c4ccccc4)nc3-c3cccc([N+](=O)[O-])c3)SC2=S)cc1OC. The van der Waals surface area contributed by atoms with Crippen molar-refractivity contribution in [2.24, 2.45) is 0 Å². The van der Waals surface area contributed by atoms with Crippen LogP contribution in [0, 0.1) is 10.1 Å². The predicted molar refractivity (Wildman–Crippen MR) is 159 cm³/mol. The van der Waals surface area contributed by atoms with Crippen molar-refractivity contribution in [1.82, 2.24) is 14.7 Å². The number of nitro groups is 1. The maximum absolute atomic E-state index is 13.4. The number of nitrogens with zero attached hydrogens (tertiary/aromatic N) is 4. The van der Waals surface area contributed by atoms with Gasteiger partial charge in [-0.05, 0) is 42.3 Å². The van der Waals surface area contributed by atoms with E-state index in [2.05, 4.69) is 0 Å². The molecule has 40 heavy (non-hydrogen) atoms. The minimum absolute atomic E-state index is 0.0424. The minimum Gasteiger partial charge on any atom is -0.493 e. The number of hydrogen-bond donors (Lipinski definition) is 0. The fraction of sp³-hybridized carbons (Fsp3) is 0.138. The van der Waals surface area contributed by atoms with E-state index in [0.29, 0.717) is 50.5 Å². The van der Waals surface area contributed by atoms with Gasteiger partial charge in [-0.15, -0.1) is 0 Å². The fourth-order valence-corrected chi connectivity index (χ4v) is 5.61. The molecule has 1 aromatic heterocycles. The number of rotatable bonds is 9. The van der Waals surface area contributed by atoms with Gasteiger partial charge in [0.15, 0.2) is 11.5 Å². The fourth-order valence-electron chi connectivity index (χ4n) is 4.31. The van der Waals surface area contributed by atoms with Gasteiger partial charge >= 0.3 is 0 Å². The molecule has 1 fully saturated rings. The molecule has 1 saturated heterocycles. The standard InChI is InChI=1S/C29H24N4O5S2/c1-37-24-12-11-19(15-25(24)38-2)13-14-31-28(34)26(40-29(31)39)17-21-18-32(22-8-4-3-5-9-22)30-27(21)20-7-6-10-23(16-20)33(35)36/h3-12,15-18H,13-14H2,1-2H3/b26-17+. The second kappa shape index (κ2) is 11.7. The number of hydrogen-bond acceptors (Lipinski definition) is 8. The van der Waals surface area contributed by atoms with Crippen LogP contribution in [0.25, 0.3) is 23.0 Å². The second-order valence-corrected chi connectivity index (χ2v) is 10.5. The first kappa shape index (κ1) is 27.1. The van der Waals surface area contributed by atoms with Gasteiger partial charge in [-0.2, -0.15) is 5.10 Å². The molecule has 5 rings (SSSR count). The summed E-state index contributed by atoms with van der Waals surface area (Å²) in [5.74, 6) is 1.05. The topological polar surface area (TPSA) is 99.7 Å². The number of carbonyl (C=O) groups excluding carboxylic acids is 1. The van der Waals surface area contributed by atoms with Crippen LogP contribution in [0.4, 0.5) is 5.69 Å². The van der Waals surface area contributed by atoms with E-state index in [1.54, 1.807) is 48.2 Å². The van der Waals surface area contributed by atoms with Crippen molar-refractivity contribution in [3.8, 4) is 28.4 Å². The smallest absolute Gasteiger partial charge is 0.270 e. The molecular weight excluding hydrogens is 548 g/mol. The third-order valence-corrected chi connectivity index (χ3v) is 7.70. The molecule has 2 heterocycles. The van der Waals surface area contributed by atoms with Gasteiger partial charge in [0.05, 0.1) is 29.7 Å².